The van der Waals surface area contributed by atoms with E-state index in [-0.39, 0.29) is 12.2 Å². The Bertz CT molecular complexity index is 391. The van der Waals surface area contributed by atoms with Crippen molar-refractivity contribution < 1.29 is 15.0 Å². The molecular weight excluding hydrogens is 208 g/mol. The van der Waals surface area contributed by atoms with Crippen LogP contribution in [0, 0.1) is 0 Å². The molecule has 1 aromatic rings. The zero-order chi connectivity index (χ0) is 11.5. The maximum atomic E-state index is 11.0. The van der Waals surface area contributed by atoms with Crippen LogP contribution in [0.15, 0.2) is 18.5 Å². The molecule has 5 nitrogen and oxygen atoms in total. The summed E-state index contributed by atoms with van der Waals surface area (Å²) in [6, 6.07) is 2.06. The maximum Gasteiger partial charge on any atom is 0.339 e. The summed E-state index contributed by atoms with van der Waals surface area (Å²) in [5.74, 6) is -0.980. The fourth-order valence-corrected chi connectivity index (χ4v) is 1.80. The van der Waals surface area contributed by atoms with Gasteiger partial charge in [-0.05, 0) is 18.9 Å². The summed E-state index contributed by atoms with van der Waals surface area (Å²) in [4.78, 5) is 16.8. The number of carbonyl (C=O) groups is 1. The average molecular weight is 222 g/mol. The van der Waals surface area contributed by atoms with Gasteiger partial charge < -0.3 is 15.1 Å². The highest BCUT2D eigenvalue weighted by Gasteiger charge is 2.30. The van der Waals surface area contributed by atoms with E-state index in [4.69, 9.17) is 10.2 Å². The minimum atomic E-state index is -0.980. The summed E-state index contributed by atoms with van der Waals surface area (Å²) in [5.41, 5.74) is 0.849. The Morgan fingerprint density at radius 2 is 2.31 bits per heavy atom. The fraction of sp³-hybridized carbons (Fsp3) is 0.455. The zero-order valence-corrected chi connectivity index (χ0v) is 8.83. The van der Waals surface area contributed by atoms with E-state index in [0.29, 0.717) is 18.3 Å². The van der Waals surface area contributed by atoms with Gasteiger partial charge in [0.25, 0.3) is 0 Å². The van der Waals surface area contributed by atoms with E-state index >= 15 is 0 Å². The monoisotopic (exact) mass is 222 g/mol. The van der Waals surface area contributed by atoms with Gasteiger partial charge in [-0.25, -0.2) is 4.79 Å². The standard InChI is InChI=1S/C11H14N2O3/c14-6-5-13(8-1-2-8)10-3-4-12-7-9(10)11(15)16/h3-4,7-8,14H,1-2,5-6H2,(H,15,16). The number of aromatic nitrogens is 1. The highest BCUT2D eigenvalue weighted by molar-refractivity contribution is 5.94. The zero-order valence-electron chi connectivity index (χ0n) is 8.83. The molecule has 1 heterocycles. The van der Waals surface area contributed by atoms with Gasteiger partial charge in [-0.2, -0.15) is 0 Å². The predicted molar refractivity (Wildman–Crippen MR) is 58.7 cm³/mol. The SMILES string of the molecule is O=C(O)c1cnccc1N(CCO)C1CC1. The Kier molecular flexibility index (Phi) is 3.05. The summed E-state index contributed by atoms with van der Waals surface area (Å²) in [6.07, 6.45) is 5.04. The summed E-state index contributed by atoms with van der Waals surface area (Å²) < 4.78 is 0. The lowest BCUT2D eigenvalue weighted by molar-refractivity contribution is 0.0697. The average Bonchev–Trinajstić information content (AvgIpc) is 3.10. The lowest BCUT2D eigenvalue weighted by atomic mass is 10.2. The quantitative estimate of drug-likeness (QED) is 0.768. The van der Waals surface area contributed by atoms with Crippen molar-refractivity contribution in [3.63, 3.8) is 0 Å². The molecule has 0 bridgehead atoms. The third-order valence-electron chi connectivity index (χ3n) is 2.67. The van der Waals surface area contributed by atoms with E-state index in [1.54, 1.807) is 12.3 Å². The number of carboxylic acids is 1. The molecule has 1 aromatic heterocycles. The van der Waals surface area contributed by atoms with Gasteiger partial charge in [0.1, 0.15) is 5.56 Å². The molecule has 0 unspecified atom stereocenters. The second-order valence-electron chi connectivity index (χ2n) is 3.85. The molecule has 0 spiro atoms. The Balaban J connectivity index is 2.32. The van der Waals surface area contributed by atoms with Crippen LogP contribution >= 0.6 is 0 Å². The van der Waals surface area contributed by atoms with Gasteiger partial charge in [0, 0.05) is 25.0 Å². The number of hydrogen-bond donors (Lipinski definition) is 2. The minimum Gasteiger partial charge on any atom is -0.478 e. The number of nitrogens with zero attached hydrogens (tertiary/aromatic N) is 2. The number of aliphatic hydroxyl groups excluding tert-OH is 1. The number of rotatable bonds is 5. The second kappa shape index (κ2) is 4.49. The van der Waals surface area contributed by atoms with Crippen molar-refractivity contribution in [2.24, 2.45) is 0 Å². The van der Waals surface area contributed by atoms with Crippen LogP contribution in [0.25, 0.3) is 0 Å². The molecule has 1 fully saturated rings. The number of aromatic carboxylic acids is 1. The third-order valence-corrected chi connectivity index (χ3v) is 2.67. The van der Waals surface area contributed by atoms with Crippen LogP contribution in [0.4, 0.5) is 5.69 Å². The fourth-order valence-electron chi connectivity index (χ4n) is 1.80. The van der Waals surface area contributed by atoms with Gasteiger partial charge in [0.05, 0.1) is 12.3 Å². The number of anilines is 1. The van der Waals surface area contributed by atoms with E-state index in [9.17, 15) is 4.79 Å². The van der Waals surface area contributed by atoms with E-state index in [1.165, 1.54) is 6.20 Å². The Hall–Kier alpha value is -1.62. The Labute approximate surface area is 93.3 Å². The van der Waals surface area contributed by atoms with Crippen molar-refractivity contribution in [2.75, 3.05) is 18.1 Å². The van der Waals surface area contributed by atoms with Crippen LogP contribution in [0.2, 0.25) is 0 Å². The molecule has 0 amide bonds. The highest BCUT2D eigenvalue weighted by atomic mass is 16.4. The van der Waals surface area contributed by atoms with Crippen LogP contribution in [0.3, 0.4) is 0 Å². The van der Waals surface area contributed by atoms with Crippen molar-refractivity contribution in [3.05, 3.63) is 24.0 Å². The van der Waals surface area contributed by atoms with Crippen molar-refractivity contribution in [2.45, 2.75) is 18.9 Å². The van der Waals surface area contributed by atoms with Crippen LogP contribution in [0.1, 0.15) is 23.2 Å². The van der Waals surface area contributed by atoms with Crippen LogP contribution < -0.4 is 4.90 Å². The molecule has 0 saturated heterocycles. The topological polar surface area (TPSA) is 73.7 Å². The second-order valence-corrected chi connectivity index (χ2v) is 3.85. The third kappa shape index (κ3) is 2.14. The van der Waals surface area contributed by atoms with Crippen molar-refractivity contribution in [1.82, 2.24) is 4.98 Å². The Morgan fingerprint density at radius 1 is 1.56 bits per heavy atom. The van der Waals surface area contributed by atoms with Crippen molar-refractivity contribution in [1.29, 1.82) is 0 Å². The highest BCUT2D eigenvalue weighted by Crippen LogP contribution is 2.32. The number of hydrogen-bond acceptors (Lipinski definition) is 4. The van der Waals surface area contributed by atoms with Gasteiger partial charge >= 0.3 is 5.97 Å². The first-order valence-corrected chi connectivity index (χ1v) is 5.29. The first-order valence-electron chi connectivity index (χ1n) is 5.29. The number of pyridine rings is 1. The smallest absolute Gasteiger partial charge is 0.339 e. The Morgan fingerprint density at radius 3 is 2.88 bits per heavy atom. The maximum absolute atomic E-state index is 11.0. The van der Waals surface area contributed by atoms with Crippen molar-refractivity contribution in [3.8, 4) is 0 Å². The van der Waals surface area contributed by atoms with E-state index in [0.717, 1.165) is 12.8 Å². The molecule has 1 aliphatic rings. The first-order chi connectivity index (χ1) is 7.74. The van der Waals surface area contributed by atoms with Gasteiger partial charge in [0.2, 0.25) is 0 Å². The molecule has 1 aliphatic carbocycles. The minimum absolute atomic E-state index is 0.0257. The summed E-state index contributed by atoms with van der Waals surface area (Å²) >= 11 is 0. The molecule has 5 heteroatoms. The normalized spacial score (nSPS) is 14.8. The van der Waals surface area contributed by atoms with Gasteiger partial charge in [-0.3, -0.25) is 4.98 Å². The molecule has 1 saturated carbocycles. The van der Waals surface area contributed by atoms with Crippen LogP contribution in [0.5, 0.6) is 0 Å². The molecular formula is C11H14N2O3. The molecule has 0 atom stereocenters. The molecule has 2 N–H and O–H groups in total. The van der Waals surface area contributed by atoms with Gasteiger partial charge in [-0.15, -0.1) is 0 Å². The lowest BCUT2D eigenvalue weighted by Gasteiger charge is -2.24. The number of aliphatic hydroxyl groups is 1. The molecule has 86 valence electrons. The van der Waals surface area contributed by atoms with Gasteiger partial charge in [0.15, 0.2) is 0 Å². The molecule has 2 rings (SSSR count). The molecule has 16 heavy (non-hydrogen) atoms. The summed E-state index contributed by atoms with van der Waals surface area (Å²) in [6.45, 7) is 0.493. The van der Waals surface area contributed by atoms with Crippen LogP contribution in [-0.4, -0.2) is 40.4 Å². The molecule has 0 aliphatic heterocycles. The number of carboxylic acid groups (broad SMARTS) is 1. The molecule has 0 radical (unpaired) electrons. The largest absolute Gasteiger partial charge is 0.478 e. The van der Waals surface area contributed by atoms with Crippen molar-refractivity contribution >= 4 is 11.7 Å². The van der Waals surface area contributed by atoms with Crippen LogP contribution in [-0.2, 0) is 0 Å². The lowest BCUT2D eigenvalue weighted by Crippen LogP contribution is -2.30. The van der Waals surface area contributed by atoms with E-state index in [1.807, 2.05) is 4.90 Å². The predicted octanol–water partition coefficient (Wildman–Crippen LogP) is 0.741. The summed E-state index contributed by atoms with van der Waals surface area (Å²) in [5, 5.41) is 18.1. The van der Waals surface area contributed by atoms with Gasteiger partial charge in [-0.1, -0.05) is 0 Å². The first kappa shape index (κ1) is 10.9. The van der Waals surface area contributed by atoms with E-state index < -0.39 is 5.97 Å². The van der Waals surface area contributed by atoms with E-state index in [2.05, 4.69) is 4.98 Å². The molecule has 0 aromatic carbocycles. The summed E-state index contributed by atoms with van der Waals surface area (Å²) in [7, 11) is 0.